The van der Waals surface area contributed by atoms with Crippen LogP contribution in [0.1, 0.15) is 18.4 Å². The zero-order valence-corrected chi connectivity index (χ0v) is 18.5. The standard InChI is InChI=1S/C18H28BrN3O2.C2H2O4/c19-16-1-2-18(24)15(13-16)14-21-5-3-17(4-6-21)22-9-7-20(8-10-22)11-12-23;3-1(4)2(5)6/h1-2,13,17,23-24H,3-12,14H2;(H,3,4)(H,5,6). The van der Waals surface area contributed by atoms with Crippen LogP contribution in [0.15, 0.2) is 22.7 Å². The van der Waals surface area contributed by atoms with E-state index in [1.54, 1.807) is 6.07 Å². The molecule has 2 fully saturated rings. The van der Waals surface area contributed by atoms with Crippen LogP contribution in [0.3, 0.4) is 0 Å². The Kier molecular flexibility index (Phi) is 9.99. The zero-order chi connectivity index (χ0) is 22.1. The fraction of sp³-hybridized carbons (Fsp3) is 0.600. The van der Waals surface area contributed by atoms with Crippen LogP contribution in [-0.2, 0) is 16.1 Å². The third kappa shape index (κ3) is 7.84. The number of carbonyl (C=O) groups is 2. The van der Waals surface area contributed by atoms with Gasteiger partial charge in [0.05, 0.1) is 19.7 Å². The second kappa shape index (κ2) is 12.2. The van der Waals surface area contributed by atoms with Crippen LogP contribution in [0.25, 0.3) is 0 Å². The Balaban J connectivity index is 0.000000469. The predicted molar refractivity (Wildman–Crippen MR) is 111 cm³/mol. The van der Waals surface area contributed by atoms with Crippen LogP contribution in [0, 0.1) is 0 Å². The Morgan fingerprint density at radius 3 is 2.23 bits per heavy atom. The molecule has 0 bridgehead atoms. The van der Waals surface area contributed by atoms with Crippen molar-refractivity contribution in [3.05, 3.63) is 28.2 Å². The third-order valence-corrected chi connectivity index (χ3v) is 6.14. The second-order valence-electron chi connectivity index (χ2n) is 7.62. The van der Waals surface area contributed by atoms with Crippen molar-refractivity contribution in [2.75, 3.05) is 52.4 Å². The van der Waals surface area contributed by atoms with Gasteiger partial charge in [-0.3, -0.25) is 9.80 Å². The molecule has 0 aliphatic carbocycles. The van der Waals surface area contributed by atoms with E-state index >= 15 is 0 Å². The first-order valence-corrected chi connectivity index (χ1v) is 10.9. The van der Waals surface area contributed by atoms with E-state index in [0.29, 0.717) is 6.04 Å². The van der Waals surface area contributed by atoms with E-state index in [1.165, 1.54) is 17.7 Å². The van der Waals surface area contributed by atoms with Crippen LogP contribution in [-0.4, -0.2) is 95.5 Å². The fourth-order valence-corrected chi connectivity index (χ4v) is 4.41. The lowest BCUT2D eigenvalue weighted by Gasteiger charge is -2.41. The summed E-state index contributed by atoms with van der Waals surface area (Å²) in [6.07, 6.45) is 2.44. The first-order chi connectivity index (χ1) is 14.3. The summed E-state index contributed by atoms with van der Waals surface area (Å²) in [5.74, 6) is -3.49. The Labute approximate surface area is 184 Å². The minimum atomic E-state index is -1.82. The van der Waals surface area contributed by atoms with E-state index in [9.17, 15) is 5.11 Å². The number of hydrogen-bond donors (Lipinski definition) is 4. The van der Waals surface area contributed by atoms with Gasteiger partial charge in [-0.15, -0.1) is 5.75 Å². The van der Waals surface area contributed by atoms with Crippen molar-refractivity contribution in [2.24, 2.45) is 0 Å². The number of aliphatic carboxylic acids is 2. The lowest BCUT2D eigenvalue weighted by molar-refractivity contribution is -0.919. The minimum Gasteiger partial charge on any atom is -0.872 e. The smallest absolute Gasteiger partial charge is 0.414 e. The summed E-state index contributed by atoms with van der Waals surface area (Å²) in [5.41, 5.74) is 0.926. The van der Waals surface area contributed by atoms with Gasteiger partial charge in [-0.1, -0.05) is 22.0 Å². The van der Waals surface area contributed by atoms with Gasteiger partial charge >= 0.3 is 11.9 Å². The molecule has 0 radical (unpaired) electrons. The molecule has 1 aromatic rings. The molecule has 2 aliphatic rings. The molecule has 3 rings (SSSR count). The number of piperidine rings is 1. The Morgan fingerprint density at radius 1 is 1.10 bits per heavy atom. The summed E-state index contributed by atoms with van der Waals surface area (Å²) < 4.78 is 0.993. The molecule has 0 unspecified atom stereocenters. The van der Waals surface area contributed by atoms with Crippen molar-refractivity contribution in [1.82, 2.24) is 9.80 Å². The van der Waals surface area contributed by atoms with Gasteiger partial charge in [0, 0.05) is 56.1 Å². The predicted octanol–water partition coefficient (Wildman–Crippen LogP) is -1.16. The molecule has 0 amide bonds. The number of hydrogen-bond acceptors (Lipinski definition) is 6. The fourth-order valence-electron chi connectivity index (χ4n) is 4.00. The molecule has 2 saturated heterocycles. The number of aliphatic hydroxyl groups excluding tert-OH is 1. The van der Waals surface area contributed by atoms with Crippen LogP contribution < -0.4 is 10.0 Å². The Hall–Kier alpha value is -1.72. The molecule has 0 aromatic heterocycles. The number of halogens is 1. The summed E-state index contributed by atoms with van der Waals surface area (Å²) in [5, 5.41) is 35.8. The molecule has 10 heteroatoms. The molecule has 0 saturated carbocycles. The summed E-state index contributed by atoms with van der Waals surface area (Å²) >= 11 is 3.46. The van der Waals surface area contributed by atoms with E-state index in [4.69, 9.17) is 24.9 Å². The molecule has 9 nitrogen and oxygen atoms in total. The number of quaternary nitrogens is 1. The van der Waals surface area contributed by atoms with Crippen LogP contribution in [0.2, 0.25) is 0 Å². The normalized spacial score (nSPS) is 22.7. The summed E-state index contributed by atoms with van der Waals surface area (Å²) in [6.45, 7) is 8.60. The number of nitrogens with zero attached hydrogens (tertiary/aromatic N) is 2. The molecule has 30 heavy (non-hydrogen) atoms. The average Bonchev–Trinajstić information content (AvgIpc) is 2.72. The summed E-state index contributed by atoms with van der Waals surface area (Å²) in [7, 11) is 0. The van der Waals surface area contributed by atoms with E-state index in [0.717, 1.165) is 62.4 Å². The molecule has 1 aromatic carbocycles. The van der Waals surface area contributed by atoms with E-state index in [-0.39, 0.29) is 12.4 Å². The van der Waals surface area contributed by atoms with Gasteiger partial charge in [-0.2, -0.15) is 0 Å². The first-order valence-electron chi connectivity index (χ1n) is 10.1. The van der Waals surface area contributed by atoms with Gasteiger partial charge in [0.25, 0.3) is 0 Å². The topological polar surface area (TPSA) is 129 Å². The lowest BCUT2D eigenvalue weighted by Crippen LogP contribution is -3.12. The number of carboxylic acid groups (broad SMARTS) is 2. The number of rotatable bonds is 5. The largest absolute Gasteiger partial charge is 0.872 e. The maximum atomic E-state index is 12.0. The molecule has 2 aliphatic heterocycles. The molecule has 0 atom stereocenters. The number of likely N-dealkylation sites (tertiary alicyclic amines) is 1. The third-order valence-electron chi connectivity index (χ3n) is 5.65. The highest BCUT2D eigenvalue weighted by Gasteiger charge is 2.29. The first kappa shape index (κ1) is 24.5. The molecular formula is C20H30BrN3O6. The monoisotopic (exact) mass is 487 g/mol. The lowest BCUT2D eigenvalue weighted by atomic mass is 10.0. The number of piperazine rings is 1. The Bertz CT molecular complexity index is 692. The van der Waals surface area contributed by atoms with Crippen molar-refractivity contribution < 1.29 is 34.9 Å². The van der Waals surface area contributed by atoms with Gasteiger partial charge in [-0.25, -0.2) is 9.59 Å². The van der Waals surface area contributed by atoms with E-state index < -0.39 is 11.9 Å². The maximum Gasteiger partial charge on any atom is 0.414 e. The molecule has 0 spiro atoms. The van der Waals surface area contributed by atoms with Crippen LogP contribution in [0.5, 0.6) is 5.75 Å². The second-order valence-corrected chi connectivity index (χ2v) is 8.54. The van der Waals surface area contributed by atoms with E-state index in [1.807, 2.05) is 12.1 Å². The number of β-amino-alcohol motifs (C(OH)–C–C–N with tert-alkyl or cyclic N) is 1. The average molecular weight is 488 g/mol. The summed E-state index contributed by atoms with van der Waals surface area (Å²) in [6, 6.07) is 6.16. The van der Waals surface area contributed by atoms with Crippen LogP contribution >= 0.6 is 15.9 Å². The highest BCUT2D eigenvalue weighted by molar-refractivity contribution is 9.10. The van der Waals surface area contributed by atoms with Gasteiger partial charge in [0.15, 0.2) is 0 Å². The van der Waals surface area contributed by atoms with Crippen molar-refractivity contribution in [1.29, 1.82) is 0 Å². The van der Waals surface area contributed by atoms with Gasteiger partial charge < -0.3 is 25.3 Å². The number of nitrogens with one attached hydrogen (secondary N) is 1. The van der Waals surface area contributed by atoms with Crippen molar-refractivity contribution in [3.63, 3.8) is 0 Å². The molecule has 2 heterocycles. The highest BCUT2D eigenvalue weighted by atomic mass is 79.9. The maximum absolute atomic E-state index is 12.0. The van der Waals surface area contributed by atoms with Gasteiger partial charge in [0.1, 0.15) is 6.54 Å². The van der Waals surface area contributed by atoms with Crippen molar-refractivity contribution in [2.45, 2.75) is 25.4 Å². The van der Waals surface area contributed by atoms with Gasteiger partial charge in [-0.05, 0) is 17.7 Å². The number of benzene rings is 1. The molecule has 168 valence electrons. The SMILES string of the molecule is O=C(O)C(=O)O.[O-]c1ccc(Br)cc1C[NH+]1CCC(N2CCN(CCO)CC2)CC1. The van der Waals surface area contributed by atoms with Crippen LogP contribution in [0.4, 0.5) is 0 Å². The van der Waals surface area contributed by atoms with Gasteiger partial charge in [0.2, 0.25) is 0 Å². The summed E-state index contributed by atoms with van der Waals surface area (Å²) in [4.78, 5) is 24.7. The number of carboxylic acids is 2. The van der Waals surface area contributed by atoms with Crippen molar-refractivity contribution >= 4 is 27.9 Å². The Morgan fingerprint density at radius 2 is 1.70 bits per heavy atom. The number of aliphatic hydroxyl groups is 1. The van der Waals surface area contributed by atoms with E-state index in [2.05, 4.69) is 25.7 Å². The molecule has 4 N–H and O–H groups in total. The zero-order valence-electron chi connectivity index (χ0n) is 16.9. The van der Waals surface area contributed by atoms with Crippen molar-refractivity contribution in [3.8, 4) is 5.75 Å². The molecular weight excluding hydrogens is 458 g/mol. The quantitative estimate of drug-likeness (QED) is 0.382. The minimum absolute atomic E-state index is 0.160. The highest BCUT2D eigenvalue weighted by Crippen LogP contribution is 2.19.